The fourth-order valence-corrected chi connectivity index (χ4v) is 1.99. The van der Waals surface area contributed by atoms with E-state index in [2.05, 4.69) is 35.9 Å². The predicted octanol–water partition coefficient (Wildman–Crippen LogP) is 0.811. The highest BCUT2D eigenvalue weighted by atomic mass is 15.1. The molecule has 2 heteroatoms. The molecule has 0 atom stereocenters. The van der Waals surface area contributed by atoms with Gasteiger partial charge in [0.2, 0.25) is 0 Å². The third-order valence-corrected chi connectivity index (χ3v) is 2.78. The second-order valence-electron chi connectivity index (χ2n) is 3.74. The summed E-state index contributed by atoms with van der Waals surface area (Å²) in [6.45, 7) is 2.09. The molecule has 0 bridgehead atoms. The van der Waals surface area contributed by atoms with E-state index in [0.29, 0.717) is 0 Å². The van der Waals surface area contributed by atoms with Crippen molar-refractivity contribution in [3.05, 3.63) is 29.3 Å². The summed E-state index contributed by atoms with van der Waals surface area (Å²) >= 11 is 0. The summed E-state index contributed by atoms with van der Waals surface area (Å²) in [5.41, 5.74) is 8.17. The van der Waals surface area contributed by atoms with E-state index < -0.39 is 0 Å². The van der Waals surface area contributed by atoms with Crippen molar-refractivity contribution in [3.8, 4) is 0 Å². The Bertz CT molecular complexity index is 307. The summed E-state index contributed by atoms with van der Waals surface area (Å²) in [5.74, 6) is 0. The first-order valence-electron chi connectivity index (χ1n) is 4.93. The topological polar surface area (TPSA) is 30.9 Å². The first-order chi connectivity index (χ1) is 6.31. The Hall–Kier alpha value is -1.02. The van der Waals surface area contributed by atoms with Gasteiger partial charge in [0.25, 0.3) is 0 Å². The summed E-state index contributed by atoms with van der Waals surface area (Å²) in [6.07, 6.45) is 2.51. The zero-order valence-corrected chi connectivity index (χ0v) is 8.21. The van der Waals surface area contributed by atoms with Crippen LogP contribution in [0.1, 0.15) is 17.5 Å². The maximum absolute atomic E-state index is 3.91. The first-order valence-corrected chi connectivity index (χ1v) is 4.93. The number of rotatable bonds is 1. The standard InChI is InChI=1S/C11H16N2/c1-13-6-2-3-10-7-9(8-12)4-5-11(10)13/h4-5,7H,2-3,6,8,12H2,1H3/p+1. The number of hydrogen-bond acceptors (Lipinski definition) is 1. The Balaban J connectivity index is 2.39. The van der Waals surface area contributed by atoms with Crippen molar-refractivity contribution < 1.29 is 5.73 Å². The molecule has 1 heterocycles. The SMILES string of the molecule is CN1CCCc2cc(C[NH3+])ccc21. The van der Waals surface area contributed by atoms with Crippen molar-refractivity contribution in [1.29, 1.82) is 0 Å². The van der Waals surface area contributed by atoms with Gasteiger partial charge in [-0.05, 0) is 30.5 Å². The van der Waals surface area contributed by atoms with Crippen LogP contribution in [-0.2, 0) is 13.0 Å². The lowest BCUT2D eigenvalue weighted by Crippen LogP contribution is -2.47. The fraction of sp³-hybridized carbons (Fsp3) is 0.455. The van der Waals surface area contributed by atoms with Gasteiger partial charge in [-0.15, -0.1) is 0 Å². The van der Waals surface area contributed by atoms with Crippen LogP contribution in [0.15, 0.2) is 18.2 Å². The van der Waals surface area contributed by atoms with E-state index in [4.69, 9.17) is 0 Å². The van der Waals surface area contributed by atoms with E-state index in [0.717, 1.165) is 6.54 Å². The van der Waals surface area contributed by atoms with Gasteiger partial charge in [-0.25, -0.2) is 0 Å². The molecule has 2 rings (SSSR count). The zero-order valence-electron chi connectivity index (χ0n) is 8.21. The maximum atomic E-state index is 3.91. The summed E-state index contributed by atoms with van der Waals surface area (Å²) in [7, 11) is 2.17. The highest BCUT2D eigenvalue weighted by molar-refractivity contribution is 5.56. The second-order valence-corrected chi connectivity index (χ2v) is 3.74. The number of aryl methyl sites for hydroxylation is 1. The quantitative estimate of drug-likeness (QED) is 0.676. The molecule has 0 spiro atoms. The minimum atomic E-state index is 0.900. The molecule has 3 N–H and O–H groups in total. The van der Waals surface area contributed by atoms with Gasteiger partial charge >= 0.3 is 0 Å². The highest BCUT2D eigenvalue weighted by Crippen LogP contribution is 2.26. The molecule has 0 fully saturated rings. The van der Waals surface area contributed by atoms with Crippen LogP contribution in [0.5, 0.6) is 0 Å². The van der Waals surface area contributed by atoms with Crippen molar-refractivity contribution in [3.63, 3.8) is 0 Å². The van der Waals surface area contributed by atoms with Crippen molar-refractivity contribution in [2.75, 3.05) is 18.5 Å². The van der Waals surface area contributed by atoms with Crippen LogP contribution < -0.4 is 10.6 Å². The molecule has 70 valence electrons. The van der Waals surface area contributed by atoms with Gasteiger partial charge in [0.15, 0.2) is 0 Å². The maximum Gasteiger partial charge on any atom is 0.0997 e. The van der Waals surface area contributed by atoms with Crippen LogP contribution >= 0.6 is 0 Å². The summed E-state index contributed by atoms with van der Waals surface area (Å²) in [4.78, 5) is 2.34. The fourth-order valence-electron chi connectivity index (χ4n) is 1.99. The molecule has 1 aliphatic rings. The minimum Gasteiger partial charge on any atom is -0.374 e. The van der Waals surface area contributed by atoms with Crippen LogP contribution in [0.2, 0.25) is 0 Å². The number of hydrogen-bond donors (Lipinski definition) is 1. The summed E-state index contributed by atoms with van der Waals surface area (Å²) in [5, 5.41) is 0. The molecule has 0 radical (unpaired) electrons. The molecule has 1 aromatic rings. The Morgan fingerprint density at radius 3 is 3.08 bits per heavy atom. The third-order valence-electron chi connectivity index (χ3n) is 2.78. The van der Waals surface area contributed by atoms with Crippen LogP contribution in [0.3, 0.4) is 0 Å². The van der Waals surface area contributed by atoms with Gasteiger partial charge in [0.05, 0.1) is 6.54 Å². The van der Waals surface area contributed by atoms with Crippen LogP contribution in [0.4, 0.5) is 5.69 Å². The van der Waals surface area contributed by atoms with E-state index >= 15 is 0 Å². The molecule has 13 heavy (non-hydrogen) atoms. The second kappa shape index (κ2) is 3.38. The number of anilines is 1. The van der Waals surface area contributed by atoms with Gasteiger partial charge in [-0.3, -0.25) is 0 Å². The average molecular weight is 177 g/mol. The predicted molar refractivity (Wildman–Crippen MR) is 54.6 cm³/mol. The number of nitrogens with zero attached hydrogens (tertiary/aromatic N) is 1. The Kier molecular flexibility index (Phi) is 2.23. The monoisotopic (exact) mass is 177 g/mol. The van der Waals surface area contributed by atoms with Crippen molar-refractivity contribution in [2.45, 2.75) is 19.4 Å². The molecular weight excluding hydrogens is 160 g/mol. The van der Waals surface area contributed by atoms with Crippen LogP contribution in [0, 0.1) is 0 Å². The molecule has 1 aromatic carbocycles. The van der Waals surface area contributed by atoms with E-state index in [1.165, 1.54) is 36.2 Å². The number of quaternary nitrogens is 1. The Morgan fingerprint density at radius 1 is 1.46 bits per heavy atom. The smallest absolute Gasteiger partial charge is 0.0997 e. The summed E-state index contributed by atoms with van der Waals surface area (Å²) < 4.78 is 0. The van der Waals surface area contributed by atoms with Crippen molar-refractivity contribution >= 4 is 5.69 Å². The van der Waals surface area contributed by atoms with Gasteiger partial charge in [-0.2, -0.15) is 0 Å². The largest absolute Gasteiger partial charge is 0.374 e. The molecule has 0 aliphatic carbocycles. The Morgan fingerprint density at radius 2 is 2.31 bits per heavy atom. The lowest BCUT2D eigenvalue weighted by Gasteiger charge is -2.27. The Labute approximate surface area is 79.4 Å². The van der Waals surface area contributed by atoms with Gasteiger partial charge < -0.3 is 10.6 Å². The summed E-state index contributed by atoms with van der Waals surface area (Å²) in [6, 6.07) is 6.72. The van der Waals surface area contributed by atoms with Crippen molar-refractivity contribution in [2.24, 2.45) is 0 Å². The van der Waals surface area contributed by atoms with Crippen molar-refractivity contribution in [1.82, 2.24) is 0 Å². The molecule has 0 unspecified atom stereocenters. The molecule has 0 amide bonds. The van der Waals surface area contributed by atoms with E-state index in [9.17, 15) is 0 Å². The highest BCUT2D eigenvalue weighted by Gasteiger charge is 2.13. The first kappa shape index (κ1) is 8.57. The zero-order chi connectivity index (χ0) is 9.26. The molecular formula is C11H17N2+. The third kappa shape index (κ3) is 1.54. The van der Waals surface area contributed by atoms with E-state index in [1.807, 2.05) is 0 Å². The minimum absolute atomic E-state index is 0.900. The molecule has 2 nitrogen and oxygen atoms in total. The van der Waals surface area contributed by atoms with Gasteiger partial charge in [-0.1, -0.05) is 6.07 Å². The lowest BCUT2D eigenvalue weighted by atomic mass is 10.00. The van der Waals surface area contributed by atoms with Crippen LogP contribution in [0.25, 0.3) is 0 Å². The number of benzene rings is 1. The average Bonchev–Trinajstić information content (AvgIpc) is 2.18. The molecule has 0 saturated carbocycles. The number of fused-ring (bicyclic) bond motifs is 1. The lowest BCUT2D eigenvalue weighted by molar-refractivity contribution is -0.386. The van der Waals surface area contributed by atoms with Gasteiger partial charge in [0.1, 0.15) is 0 Å². The molecule has 0 saturated heterocycles. The van der Waals surface area contributed by atoms with E-state index in [-0.39, 0.29) is 0 Å². The van der Waals surface area contributed by atoms with Gasteiger partial charge in [0, 0.05) is 24.8 Å². The van der Waals surface area contributed by atoms with E-state index in [1.54, 1.807) is 0 Å². The molecule has 0 aromatic heterocycles. The molecule has 1 aliphatic heterocycles. The van der Waals surface area contributed by atoms with Crippen LogP contribution in [-0.4, -0.2) is 13.6 Å². The normalized spacial score (nSPS) is 15.7.